The van der Waals surface area contributed by atoms with Gasteiger partial charge in [0.1, 0.15) is 16.5 Å². The molecule has 0 aliphatic carbocycles. The monoisotopic (exact) mass is 436 g/mol. The van der Waals surface area contributed by atoms with Crippen LogP contribution in [0.25, 0.3) is 0 Å². The molecule has 1 amide bonds. The van der Waals surface area contributed by atoms with E-state index in [2.05, 4.69) is 15.3 Å². The van der Waals surface area contributed by atoms with Gasteiger partial charge in [0, 0.05) is 18.7 Å². The zero-order valence-electron chi connectivity index (χ0n) is 16.1. The van der Waals surface area contributed by atoms with E-state index >= 15 is 0 Å². The van der Waals surface area contributed by atoms with Crippen LogP contribution >= 0.6 is 22.9 Å². The summed E-state index contributed by atoms with van der Waals surface area (Å²) in [6.45, 7) is 3.56. The number of nitrogens with two attached hydrogens (primary N) is 1. The van der Waals surface area contributed by atoms with Gasteiger partial charge in [0.15, 0.2) is 0 Å². The smallest absolute Gasteiger partial charge is 0.268 e. The Morgan fingerprint density at radius 2 is 2.14 bits per heavy atom. The molecule has 1 atom stereocenters. The van der Waals surface area contributed by atoms with Gasteiger partial charge in [0.25, 0.3) is 5.91 Å². The summed E-state index contributed by atoms with van der Waals surface area (Å²) in [5, 5.41) is 12.9. The second-order valence-corrected chi connectivity index (χ2v) is 8.22. The summed E-state index contributed by atoms with van der Waals surface area (Å²) in [5.41, 5.74) is 8.97. The summed E-state index contributed by atoms with van der Waals surface area (Å²) >= 11 is 7.13. The summed E-state index contributed by atoms with van der Waals surface area (Å²) in [5.74, 6) is -0.746. The molecule has 0 aliphatic rings. The Morgan fingerprint density at radius 3 is 2.79 bits per heavy atom. The van der Waals surface area contributed by atoms with E-state index < -0.39 is 11.9 Å². The first-order valence-corrected chi connectivity index (χ1v) is 10.2. The Bertz CT molecular complexity index is 1030. The van der Waals surface area contributed by atoms with Crippen LogP contribution in [0.15, 0.2) is 24.3 Å². The number of H-pyrrole nitrogens is 1. The van der Waals surface area contributed by atoms with E-state index in [1.165, 1.54) is 17.4 Å². The van der Waals surface area contributed by atoms with E-state index in [1.807, 2.05) is 0 Å². The third kappa shape index (κ3) is 4.67. The quantitative estimate of drug-likeness (QED) is 0.455. The first-order chi connectivity index (χ1) is 13.8. The Morgan fingerprint density at radius 1 is 1.38 bits per heavy atom. The van der Waals surface area contributed by atoms with Crippen molar-refractivity contribution in [3.05, 3.63) is 73.2 Å². The number of aromatic amines is 1. The molecule has 2 heterocycles. The predicted molar refractivity (Wildman–Crippen MR) is 112 cm³/mol. The van der Waals surface area contributed by atoms with Crippen LogP contribution in [0, 0.1) is 19.7 Å². The Labute approximate surface area is 176 Å². The van der Waals surface area contributed by atoms with Crippen molar-refractivity contribution in [3.63, 3.8) is 0 Å². The molecular formula is C20H22ClFN4O2S. The highest BCUT2D eigenvalue weighted by Crippen LogP contribution is 2.25. The fourth-order valence-corrected chi connectivity index (χ4v) is 4.16. The summed E-state index contributed by atoms with van der Waals surface area (Å²) in [6, 6.07) is 6.31. The number of amides is 1. The first kappa shape index (κ1) is 21.4. The highest BCUT2D eigenvalue weighted by Gasteiger charge is 2.20. The molecule has 2 aromatic heterocycles. The molecule has 154 valence electrons. The third-order valence-corrected chi connectivity index (χ3v) is 6.26. The number of rotatable bonds is 7. The maximum atomic E-state index is 14.0. The zero-order chi connectivity index (χ0) is 21.1. The predicted octanol–water partition coefficient (Wildman–Crippen LogP) is 3.39. The van der Waals surface area contributed by atoms with Gasteiger partial charge in [0.2, 0.25) is 0 Å². The number of halogens is 2. The Balaban J connectivity index is 1.72. The molecule has 1 unspecified atom stereocenters. The molecule has 0 spiro atoms. The molecule has 0 saturated carbocycles. The lowest BCUT2D eigenvalue weighted by molar-refractivity contribution is 0.0933. The fraction of sp³-hybridized carbons (Fsp3) is 0.300. The standard InChI is InChI=1S/C20H22ClFN4O2S/c1-10-12(3-5-14(21)18(10)22)7-13-4-6-15(25-13)19(28)26-16(8-23)20-24-11(2)17(9-27)29-20/h3-6,16,25,27H,7-9,23H2,1-2H3,(H,26,28). The second kappa shape index (κ2) is 9.04. The molecule has 9 heteroatoms. The minimum atomic E-state index is -0.453. The summed E-state index contributed by atoms with van der Waals surface area (Å²) in [7, 11) is 0. The van der Waals surface area contributed by atoms with Crippen LogP contribution in [0.3, 0.4) is 0 Å². The van der Waals surface area contributed by atoms with E-state index in [0.717, 1.165) is 21.8 Å². The minimum absolute atomic E-state index is 0.0902. The van der Waals surface area contributed by atoms with Gasteiger partial charge in [-0.2, -0.15) is 0 Å². The molecule has 3 aromatic rings. The maximum Gasteiger partial charge on any atom is 0.268 e. The van der Waals surface area contributed by atoms with Crippen LogP contribution in [-0.4, -0.2) is 27.5 Å². The SMILES string of the molecule is Cc1nc(C(CN)NC(=O)c2ccc(Cc3ccc(Cl)c(F)c3C)[nH]2)sc1CO. The van der Waals surface area contributed by atoms with Gasteiger partial charge in [0.05, 0.1) is 28.2 Å². The molecule has 3 rings (SSSR count). The minimum Gasteiger partial charge on any atom is -0.391 e. The summed E-state index contributed by atoms with van der Waals surface area (Å²) < 4.78 is 14.0. The zero-order valence-corrected chi connectivity index (χ0v) is 17.6. The maximum absolute atomic E-state index is 14.0. The Kier molecular flexibility index (Phi) is 6.69. The summed E-state index contributed by atoms with van der Waals surface area (Å²) in [6.07, 6.45) is 0.444. The van der Waals surface area contributed by atoms with Gasteiger partial charge in [-0.15, -0.1) is 11.3 Å². The Hall–Kier alpha value is -2.26. The number of aryl methyl sites for hydroxylation is 1. The highest BCUT2D eigenvalue weighted by molar-refractivity contribution is 7.11. The lowest BCUT2D eigenvalue weighted by Gasteiger charge is -2.13. The number of nitrogens with one attached hydrogen (secondary N) is 2. The highest BCUT2D eigenvalue weighted by atomic mass is 35.5. The average Bonchev–Trinajstić information content (AvgIpc) is 3.32. The average molecular weight is 437 g/mol. The van der Waals surface area contributed by atoms with E-state index in [0.29, 0.717) is 22.7 Å². The van der Waals surface area contributed by atoms with Crippen LogP contribution in [-0.2, 0) is 13.0 Å². The second-order valence-electron chi connectivity index (χ2n) is 6.70. The van der Waals surface area contributed by atoms with Crippen LogP contribution in [0.1, 0.15) is 48.9 Å². The van der Waals surface area contributed by atoms with Crippen molar-refractivity contribution in [1.82, 2.24) is 15.3 Å². The van der Waals surface area contributed by atoms with Gasteiger partial charge in [-0.25, -0.2) is 9.37 Å². The van der Waals surface area contributed by atoms with Crippen molar-refractivity contribution in [2.24, 2.45) is 5.73 Å². The normalized spacial score (nSPS) is 12.2. The van der Waals surface area contributed by atoms with Gasteiger partial charge < -0.3 is 21.1 Å². The van der Waals surface area contributed by atoms with Crippen molar-refractivity contribution in [2.45, 2.75) is 32.9 Å². The number of benzene rings is 1. The van der Waals surface area contributed by atoms with E-state index in [1.54, 1.807) is 32.0 Å². The van der Waals surface area contributed by atoms with Crippen molar-refractivity contribution >= 4 is 28.8 Å². The van der Waals surface area contributed by atoms with Gasteiger partial charge in [-0.3, -0.25) is 4.79 Å². The lowest BCUT2D eigenvalue weighted by atomic mass is 10.0. The van der Waals surface area contributed by atoms with Crippen LogP contribution in [0.4, 0.5) is 4.39 Å². The molecule has 0 fully saturated rings. The van der Waals surface area contributed by atoms with Crippen molar-refractivity contribution < 1.29 is 14.3 Å². The number of hydrogen-bond donors (Lipinski definition) is 4. The van der Waals surface area contributed by atoms with Gasteiger partial charge >= 0.3 is 0 Å². The number of carbonyl (C=O) groups is 1. The number of hydrogen-bond acceptors (Lipinski definition) is 5. The molecule has 29 heavy (non-hydrogen) atoms. The van der Waals surface area contributed by atoms with E-state index in [9.17, 15) is 14.3 Å². The van der Waals surface area contributed by atoms with Gasteiger partial charge in [-0.05, 0) is 43.2 Å². The van der Waals surface area contributed by atoms with Gasteiger partial charge in [-0.1, -0.05) is 17.7 Å². The topological polar surface area (TPSA) is 104 Å². The molecule has 6 nitrogen and oxygen atoms in total. The molecule has 0 bridgehead atoms. The van der Waals surface area contributed by atoms with Crippen LogP contribution < -0.4 is 11.1 Å². The van der Waals surface area contributed by atoms with E-state index in [-0.39, 0.29) is 24.1 Å². The molecule has 1 aromatic carbocycles. The van der Waals surface area contributed by atoms with Crippen molar-refractivity contribution in [1.29, 1.82) is 0 Å². The number of aromatic nitrogens is 2. The molecule has 0 radical (unpaired) electrons. The lowest BCUT2D eigenvalue weighted by Crippen LogP contribution is -2.33. The molecular weight excluding hydrogens is 415 g/mol. The largest absolute Gasteiger partial charge is 0.391 e. The van der Waals surface area contributed by atoms with Crippen molar-refractivity contribution in [2.75, 3.05) is 6.54 Å². The number of aliphatic hydroxyl groups is 1. The van der Waals surface area contributed by atoms with Crippen LogP contribution in [0.2, 0.25) is 5.02 Å². The number of nitrogens with zero attached hydrogens (tertiary/aromatic N) is 1. The number of thiazole rings is 1. The third-order valence-electron chi connectivity index (χ3n) is 4.72. The molecule has 5 N–H and O–H groups in total. The van der Waals surface area contributed by atoms with Crippen molar-refractivity contribution in [3.8, 4) is 0 Å². The molecule has 0 saturated heterocycles. The number of aliphatic hydroxyl groups excluding tert-OH is 1. The fourth-order valence-electron chi connectivity index (χ4n) is 2.97. The van der Waals surface area contributed by atoms with E-state index in [4.69, 9.17) is 17.3 Å². The summed E-state index contributed by atoms with van der Waals surface area (Å²) in [4.78, 5) is 20.8. The molecule has 0 aliphatic heterocycles. The number of carbonyl (C=O) groups excluding carboxylic acids is 1. The first-order valence-electron chi connectivity index (χ1n) is 9.03. The van der Waals surface area contributed by atoms with Crippen LogP contribution in [0.5, 0.6) is 0 Å².